The van der Waals surface area contributed by atoms with Gasteiger partial charge in [0.1, 0.15) is 62.4 Å². The molecule has 30 rings (SSSR count). The topological polar surface area (TPSA) is 124 Å². The molecule has 0 aliphatic rings. The van der Waals surface area contributed by atoms with E-state index in [2.05, 4.69) is 391 Å². The van der Waals surface area contributed by atoms with Gasteiger partial charge in [-0.1, -0.05) is 158 Å². The molecule has 0 spiro atoms. The summed E-state index contributed by atoms with van der Waals surface area (Å²) < 4.78 is 67.1. The van der Waals surface area contributed by atoms with E-state index in [0.717, 1.165) is 282 Å². The van der Waals surface area contributed by atoms with Crippen molar-refractivity contribution in [2.24, 2.45) is 0 Å². The zero-order chi connectivity index (χ0) is 97.9. The SMILES string of the molecule is COc1ccc2c(c1)c1cc(-c3ccc4c(c3)c3cc(OC)ccc3n4-c3ccc4c(c3)oc3ccccc34)ccc1n2-c1ccccc1.COc1ccc2c(c1)c1cc(-c3ccc4c(c3)c3cc(OC)ccc3n4-c3ccc4oc5ccccc5c4c3)ccc1n2-c1ccccc1.COc1ccc2c(c1)c1cc(-c3ccc4c(c3)c3cc(OC)ccc3n4-c3cccc4c3oc3ccccc34)ccc1n2-c1ccccc1. The Balaban J connectivity index is 0.000000107. The quantitative estimate of drug-likeness (QED) is 0.0986. The summed E-state index contributed by atoms with van der Waals surface area (Å²) in [6, 6.07) is 154. The highest BCUT2D eigenvalue weighted by Crippen LogP contribution is 2.49. The van der Waals surface area contributed by atoms with Crippen LogP contribution in [0.4, 0.5) is 0 Å². The van der Waals surface area contributed by atoms with Crippen molar-refractivity contribution in [1.29, 1.82) is 0 Å². The van der Waals surface area contributed by atoms with Crippen molar-refractivity contribution in [2.75, 3.05) is 42.7 Å². The minimum Gasteiger partial charge on any atom is -0.497 e. The predicted molar refractivity (Wildman–Crippen MR) is 603 cm³/mol. The highest BCUT2D eigenvalue weighted by atomic mass is 16.5. The largest absolute Gasteiger partial charge is 0.497 e. The van der Waals surface area contributed by atoms with Crippen molar-refractivity contribution >= 4 is 197 Å². The van der Waals surface area contributed by atoms with Gasteiger partial charge in [0.2, 0.25) is 0 Å². The first kappa shape index (κ1) is 85.6. The van der Waals surface area contributed by atoms with Crippen molar-refractivity contribution in [3.63, 3.8) is 0 Å². The van der Waals surface area contributed by atoms with E-state index in [4.69, 9.17) is 41.7 Å². The van der Waals surface area contributed by atoms with Gasteiger partial charge in [0.15, 0.2) is 5.58 Å². The molecule has 0 saturated heterocycles. The van der Waals surface area contributed by atoms with E-state index in [-0.39, 0.29) is 0 Å². The summed E-state index contributed by atoms with van der Waals surface area (Å²) in [6.07, 6.45) is 0. The first-order valence-corrected chi connectivity index (χ1v) is 49.2. The third kappa shape index (κ3) is 13.8. The lowest BCUT2D eigenvalue weighted by Gasteiger charge is -2.10. The molecule has 0 unspecified atom stereocenters. The lowest BCUT2D eigenvalue weighted by Crippen LogP contribution is -1.94. The Labute approximate surface area is 841 Å². The molecule has 21 aromatic carbocycles. The summed E-state index contributed by atoms with van der Waals surface area (Å²) in [7, 11) is 10.3. The van der Waals surface area contributed by atoms with E-state index >= 15 is 0 Å². The Morgan fingerprint density at radius 2 is 0.381 bits per heavy atom. The summed E-state index contributed by atoms with van der Waals surface area (Å²) in [5.74, 6) is 5.01. The van der Waals surface area contributed by atoms with Crippen LogP contribution in [0.1, 0.15) is 0 Å². The van der Waals surface area contributed by atoms with Gasteiger partial charge < -0.3 is 69.1 Å². The summed E-state index contributed by atoms with van der Waals surface area (Å²) in [4.78, 5) is 0. The number of furan rings is 3. The summed E-state index contributed by atoms with van der Waals surface area (Å²) in [5.41, 5.74) is 32.3. The molecule has 0 bridgehead atoms. The van der Waals surface area contributed by atoms with E-state index < -0.39 is 0 Å². The number of benzene rings is 21. The van der Waals surface area contributed by atoms with Crippen molar-refractivity contribution in [3.05, 3.63) is 437 Å². The Morgan fingerprint density at radius 3 is 0.714 bits per heavy atom. The van der Waals surface area contributed by atoms with Gasteiger partial charge in [-0.3, -0.25) is 0 Å². The maximum atomic E-state index is 6.51. The van der Waals surface area contributed by atoms with E-state index in [1.165, 1.54) is 16.2 Å². The molecule has 15 nitrogen and oxygen atoms in total. The van der Waals surface area contributed by atoms with E-state index in [1.807, 2.05) is 72.8 Å². The van der Waals surface area contributed by atoms with Crippen LogP contribution in [-0.4, -0.2) is 70.1 Å². The number of rotatable bonds is 15. The average molecular weight is 1900 g/mol. The third-order valence-corrected chi connectivity index (χ3v) is 29.7. The number of methoxy groups -OCH3 is 6. The Morgan fingerprint density at radius 1 is 0.143 bits per heavy atom. The van der Waals surface area contributed by atoms with Gasteiger partial charge in [-0.25, -0.2) is 0 Å². The fraction of sp³-hybridized carbons (Fsp3) is 0.0455. The molecule has 0 fully saturated rings. The molecule has 0 aliphatic heterocycles. The molecule has 9 heterocycles. The van der Waals surface area contributed by atoms with E-state index in [1.54, 1.807) is 42.7 Å². The van der Waals surface area contributed by atoms with Crippen LogP contribution in [0, 0.1) is 0 Å². The minimum atomic E-state index is 0.822. The predicted octanol–water partition coefficient (Wildman–Crippen LogP) is 34.4. The highest BCUT2D eigenvalue weighted by molar-refractivity contribution is 6.20. The second-order valence-electron chi connectivity index (χ2n) is 37.5. The number of ether oxygens (including phenoxy) is 6. The van der Waals surface area contributed by atoms with Gasteiger partial charge >= 0.3 is 0 Å². The van der Waals surface area contributed by atoms with Crippen LogP contribution in [-0.2, 0) is 0 Å². The fourth-order valence-corrected chi connectivity index (χ4v) is 22.9. The van der Waals surface area contributed by atoms with Crippen LogP contribution < -0.4 is 28.4 Å². The molecular weight excluding hydrogens is 1810 g/mol. The normalized spacial score (nSPS) is 11.9. The van der Waals surface area contributed by atoms with E-state index in [0.29, 0.717) is 0 Å². The highest BCUT2D eigenvalue weighted by Gasteiger charge is 2.26. The number of aromatic nitrogens is 6. The molecule has 702 valence electrons. The van der Waals surface area contributed by atoms with Gasteiger partial charge in [0.05, 0.1) is 115 Å². The molecule has 0 N–H and O–H groups in total. The number of hydrogen-bond acceptors (Lipinski definition) is 9. The molecule has 0 amide bonds. The first-order chi connectivity index (χ1) is 72.6. The van der Waals surface area contributed by atoms with E-state index in [9.17, 15) is 0 Å². The van der Waals surface area contributed by atoms with Crippen LogP contribution in [0.2, 0.25) is 0 Å². The summed E-state index contributed by atoms with van der Waals surface area (Å²) >= 11 is 0. The zero-order valence-electron chi connectivity index (χ0n) is 80.9. The number of para-hydroxylation sites is 7. The second-order valence-corrected chi connectivity index (χ2v) is 37.5. The monoisotopic (exact) mass is 1900 g/mol. The molecule has 0 atom stereocenters. The van der Waals surface area contributed by atoms with Crippen molar-refractivity contribution in [2.45, 2.75) is 0 Å². The Kier molecular flexibility index (Phi) is 19.9. The molecule has 15 heteroatoms. The van der Waals surface area contributed by atoms with Gasteiger partial charge in [-0.15, -0.1) is 0 Å². The van der Waals surface area contributed by atoms with Crippen molar-refractivity contribution < 1.29 is 41.7 Å². The Hall–Kier alpha value is -19.4. The summed E-state index contributed by atoms with van der Waals surface area (Å²) in [5, 5.41) is 20.5. The number of nitrogens with zero attached hydrogens (tertiary/aromatic N) is 6. The molecule has 0 aliphatic carbocycles. The Bertz CT molecular complexity index is 10600. The second kappa shape index (κ2) is 34.2. The number of hydrogen-bond donors (Lipinski definition) is 0. The van der Waals surface area contributed by atoms with Gasteiger partial charge in [0.25, 0.3) is 0 Å². The van der Waals surface area contributed by atoms with Crippen LogP contribution in [0.3, 0.4) is 0 Å². The van der Waals surface area contributed by atoms with Crippen LogP contribution >= 0.6 is 0 Å². The van der Waals surface area contributed by atoms with Crippen LogP contribution in [0.5, 0.6) is 34.5 Å². The maximum Gasteiger partial charge on any atom is 0.159 e. The molecule has 0 saturated carbocycles. The zero-order valence-corrected chi connectivity index (χ0v) is 80.9. The molecule has 9 aromatic heterocycles. The van der Waals surface area contributed by atoms with Gasteiger partial charge in [-0.2, -0.15) is 0 Å². The maximum absolute atomic E-state index is 6.51. The molecule has 147 heavy (non-hydrogen) atoms. The molecule has 0 radical (unpaired) electrons. The third-order valence-electron chi connectivity index (χ3n) is 29.7. The van der Waals surface area contributed by atoms with Crippen LogP contribution in [0.15, 0.2) is 450 Å². The van der Waals surface area contributed by atoms with Crippen molar-refractivity contribution in [3.8, 4) is 102 Å². The lowest BCUT2D eigenvalue weighted by atomic mass is 10.0. The fourth-order valence-electron chi connectivity index (χ4n) is 22.9. The first-order valence-electron chi connectivity index (χ1n) is 49.2. The average Bonchev–Trinajstić information content (AvgIpc) is 1.57. The summed E-state index contributed by atoms with van der Waals surface area (Å²) in [6.45, 7) is 0. The van der Waals surface area contributed by atoms with Gasteiger partial charge in [-0.05, 0) is 306 Å². The van der Waals surface area contributed by atoms with Crippen LogP contribution in [0.25, 0.3) is 264 Å². The number of fused-ring (bicyclic) bond motifs is 27. The molecule has 30 aromatic rings. The standard InChI is InChI=1S/3C44H30N2O3/c1-47-30-17-21-39-36(25-30)34-23-27(15-19-38(34)45(39)29-9-4-3-5-10-29)28-16-20-40-35(24-28)37-26-31(48-2)18-22-41(37)46(40)42-13-8-12-33-32-11-6-7-14-43(32)49-44(33)42;1-47-31-15-20-41-37(25-31)35-22-27(12-18-39(35)45(41)29-8-4-3-5-9-29)28-13-19-40-36(23-28)38-26-32(48-2)16-21-42(38)46(40)30-14-17-34-33-10-6-7-11-43(33)49-44(34)24-30;1-47-31-15-19-41-36(25-31)34-22-27(12-17-39(34)45(41)29-8-4-3-5-9-29)28-13-18-40-35(23-28)37-26-32(48-2)16-20-42(37)46(40)30-14-21-44-38(24-30)33-10-6-7-11-43(33)49-44/h3*3-26H,1-2H3. The smallest absolute Gasteiger partial charge is 0.159 e. The minimum absolute atomic E-state index is 0.822. The van der Waals surface area contributed by atoms with Crippen molar-refractivity contribution in [1.82, 2.24) is 27.4 Å². The lowest BCUT2D eigenvalue weighted by molar-refractivity contribution is 0.415. The van der Waals surface area contributed by atoms with Gasteiger partial charge in [0, 0.05) is 131 Å². The molecular formula is C132H90N6O9.